The number of rotatable bonds is 10. The van der Waals surface area contributed by atoms with E-state index in [4.69, 9.17) is 9.15 Å². The number of hydrogen-bond donors (Lipinski definition) is 1. The summed E-state index contributed by atoms with van der Waals surface area (Å²) in [5.41, 5.74) is 1.76. The molecule has 0 spiro atoms. The predicted octanol–water partition coefficient (Wildman–Crippen LogP) is 3.75. The number of aryl methyl sites for hydroxylation is 1. The standard InChI is InChI=1S/C24H33N3O4/c1-5-26(6-2)13-7-8-18(4)25-24(29)22-12-10-19(31-22)15-27-20-14-17(3)9-11-21(20)30-16-23(27)28/h9-12,14,18H,5-8,13,15-16H2,1-4H3,(H,25,29). The van der Waals surface area contributed by atoms with Crippen LogP contribution in [0.15, 0.2) is 34.7 Å². The lowest BCUT2D eigenvalue weighted by Crippen LogP contribution is -2.38. The van der Waals surface area contributed by atoms with Crippen LogP contribution in [0.25, 0.3) is 0 Å². The third-order valence-corrected chi connectivity index (χ3v) is 5.64. The largest absolute Gasteiger partial charge is 0.482 e. The maximum atomic E-state index is 12.6. The molecule has 2 amide bonds. The Hall–Kier alpha value is -2.80. The minimum atomic E-state index is -0.230. The van der Waals surface area contributed by atoms with Gasteiger partial charge in [-0.05, 0) is 76.2 Å². The highest BCUT2D eigenvalue weighted by Gasteiger charge is 2.27. The summed E-state index contributed by atoms with van der Waals surface area (Å²) < 4.78 is 11.3. The molecule has 0 bridgehead atoms. The van der Waals surface area contributed by atoms with Gasteiger partial charge in [-0.3, -0.25) is 14.5 Å². The first-order valence-electron chi connectivity index (χ1n) is 11.1. The third-order valence-electron chi connectivity index (χ3n) is 5.64. The van der Waals surface area contributed by atoms with E-state index in [2.05, 4.69) is 24.1 Å². The number of benzene rings is 1. The molecule has 31 heavy (non-hydrogen) atoms. The fourth-order valence-corrected chi connectivity index (χ4v) is 3.75. The van der Waals surface area contributed by atoms with Crippen molar-refractivity contribution in [2.75, 3.05) is 31.1 Å². The number of amides is 2. The van der Waals surface area contributed by atoms with Crippen LogP contribution in [0.3, 0.4) is 0 Å². The van der Waals surface area contributed by atoms with Gasteiger partial charge in [-0.1, -0.05) is 19.9 Å². The molecule has 1 aromatic heterocycles. The molecule has 0 saturated carbocycles. The number of furan rings is 1. The lowest BCUT2D eigenvalue weighted by atomic mass is 10.1. The number of nitrogens with one attached hydrogen (secondary N) is 1. The zero-order valence-electron chi connectivity index (χ0n) is 18.9. The molecule has 1 unspecified atom stereocenters. The highest BCUT2D eigenvalue weighted by molar-refractivity contribution is 5.97. The predicted molar refractivity (Wildman–Crippen MR) is 121 cm³/mol. The minimum absolute atomic E-state index is 0.00484. The molecule has 0 saturated heterocycles. The summed E-state index contributed by atoms with van der Waals surface area (Å²) in [6, 6.07) is 9.21. The van der Waals surface area contributed by atoms with Gasteiger partial charge in [0.15, 0.2) is 12.4 Å². The van der Waals surface area contributed by atoms with Crippen molar-refractivity contribution in [1.29, 1.82) is 0 Å². The molecule has 0 radical (unpaired) electrons. The van der Waals surface area contributed by atoms with Gasteiger partial charge in [0.2, 0.25) is 0 Å². The van der Waals surface area contributed by atoms with Crippen molar-refractivity contribution in [2.24, 2.45) is 0 Å². The maximum Gasteiger partial charge on any atom is 0.287 e. The molecular formula is C24H33N3O4. The van der Waals surface area contributed by atoms with Gasteiger partial charge >= 0.3 is 0 Å². The van der Waals surface area contributed by atoms with Crippen molar-refractivity contribution in [3.63, 3.8) is 0 Å². The van der Waals surface area contributed by atoms with Crippen LogP contribution >= 0.6 is 0 Å². The average molecular weight is 428 g/mol. The van der Waals surface area contributed by atoms with Crippen molar-refractivity contribution < 1.29 is 18.7 Å². The van der Waals surface area contributed by atoms with Crippen LogP contribution in [0.5, 0.6) is 5.75 Å². The first-order valence-corrected chi connectivity index (χ1v) is 11.1. The maximum absolute atomic E-state index is 12.6. The second kappa shape index (κ2) is 10.5. The lowest BCUT2D eigenvalue weighted by Gasteiger charge is -2.29. The zero-order valence-corrected chi connectivity index (χ0v) is 18.9. The van der Waals surface area contributed by atoms with Gasteiger partial charge in [0.1, 0.15) is 11.5 Å². The zero-order chi connectivity index (χ0) is 22.4. The van der Waals surface area contributed by atoms with E-state index in [0.29, 0.717) is 11.5 Å². The first-order chi connectivity index (χ1) is 14.9. The molecule has 1 aliphatic heterocycles. The molecule has 1 aliphatic rings. The highest BCUT2D eigenvalue weighted by Crippen LogP contribution is 2.34. The topological polar surface area (TPSA) is 75.0 Å². The molecule has 1 N–H and O–H groups in total. The molecular weight excluding hydrogens is 394 g/mol. The fourth-order valence-electron chi connectivity index (χ4n) is 3.75. The van der Waals surface area contributed by atoms with Gasteiger partial charge in [-0.25, -0.2) is 0 Å². The number of ether oxygens (including phenoxy) is 1. The van der Waals surface area contributed by atoms with E-state index in [1.54, 1.807) is 17.0 Å². The quantitative estimate of drug-likeness (QED) is 0.625. The summed E-state index contributed by atoms with van der Waals surface area (Å²) in [6.45, 7) is 11.7. The minimum Gasteiger partial charge on any atom is -0.482 e. The molecule has 0 aliphatic carbocycles. The number of hydrogen-bond acceptors (Lipinski definition) is 5. The summed E-state index contributed by atoms with van der Waals surface area (Å²) in [5, 5.41) is 3.00. The number of nitrogens with zero attached hydrogens (tertiary/aromatic N) is 2. The monoisotopic (exact) mass is 427 g/mol. The Morgan fingerprint density at radius 1 is 1.23 bits per heavy atom. The number of carbonyl (C=O) groups is 2. The number of fused-ring (bicyclic) bond motifs is 1. The second-order valence-electron chi connectivity index (χ2n) is 8.05. The Kier molecular flexibility index (Phi) is 7.74. The summed E-state index contributed by atoms with van der Waals surface area (Å²) in [4.78, 5) is 29.0. The van der Waals surface area contributed by atoms with E-state index in [1.807, 2.05) is 32.0 Å². The Bertz CT molecular complexity index is 904. The van der Waals surface area contributed by atoms with Gasteiger partial charge in [-0.2, -0.15) is 0 Å². The normalized spacial score (nSPS) is 14.4. The van der Waals surface area contributed by atoms with Crippen molar-refractivity contribution in [1.82, 2.24) is 10.2 Å². The Morgan fingerprint density at radius 2 is 2.00 bits per heavy atom. The van der Waals surface area contributed by atoms with Crippen molar-refractivity contribution >= 4 is 17.5 Å². The first kappa shape index (κ1) is 22.9. The highest BCUT2D eigenvalue weighted by atomic mass is 16.5. The van der Waals surface area contributed by atoms with Gasteiger partial charge in [-0.15, -0.1) is 0 Å². The third kappa shape index (κ3) is 5.88. The van der Waals surface area contributed by atoms with Crippen LogP contribution < -0.4 is 15.0 Å². The van der Waals surface area contributed by atoms with Crippen LogP contribution in [0.1, 0.15) is 55.5 Å². The van der Waals surface area contributed by atoms with E-state index < -0.39 is 0 Å². The van der Waals surface area contributed by atoms with E-state index in [1.165, 1.54) is 0 Å². The van der Waals surface area contributed by atoms with Crippen LogP contribution in [-0.4, -0.2) is 49.0 Å². The molecule has 3 rings (SSSR count). The average Bonchev–Trinajstić information content (AvgIpc) is 3.22. The molecule has 1 aromatic carbocycles. The van der Waals surface area contributed by atoms with Gasteiger partial charge < -0.3 is 19.4 Å². The van der Waals surface area contributed by atoms with Crippen LogP contribution in [-0.2, 0) is 11.3 Å². The molecule has 1 atom stereocenters. The SMILES string of the molecule is CCN(CC)CCCC(C)NC(=O)c1ccc(CN2C(=O)COc3ccc(C)cc32)o1. The molecule has 7 heteroatoms. The molecule has 2 aromatic rings. The van der Waals surface area contributed by atoms with Gasteiger partial charge in [0, 0.05) is 6.04 Å². The van der Waals surface area contributed by atoms with E-state index in [9.17, 15) is 9.59 Å². The van der Waals surface area contributed by atoms with Crippen molar-refractivity contribution in [2.45, 2.75) is 53.1 Å². The smallest absolute Gasteiger partial charge is 0.287 e. The van der Waals surface area contributed by atoms with Crippen LogP contribution in [0, 0.1) is 6.92 Å². The van der Waals surface area contributed by atoms with E-state index in [-0.39, 0.29) is 36.8 Å². The molecule has 168 valence electrons. The van der Waals surface area contributed by atoms with E-state index >= 15 is 0 Å². The van der Waals surface area contributed by atoms with Crippen LogP contribution in [0.4, 0.5) is 5.69 Å². The fraction of sp³-hybridized carbons (Fsp3) is 0.500. The summed E-state index contributed by atoms with van der Waals surface area (Å²) in [6.07, 6.45) is 1.94. The lowest BCUT2D eigenvalue weighted by molar-refractivity contribution is -0.121. The van der Waals surface area contributed by atoms with Gasteiger partial charge in [0.05, 0.1) is 12.2 Å². The molecule has 0 fully saturated rings. The summed E-state index contributed by atoms with van der Waals surface area (Å²) in [5.74, 6) is 1.12. The Labute approximate surface area is 184 Å². The number of carbonyl (C=O) groups excluding carboxylic acids is 2. The molecule has 7 nitrogen and oxygen atoms in total. The Morgan fingerprint density at radius 3 is 2.74 bits per heavy atom. The molecule has 2 heterocycles. The number of anilines is 1. The summed E-state index contributed by atoms with van der Waals surface area (Å²) >= 11 is 0. The van der Waals surface area contributed by atoms with Crippen molar-refractivity contribution in [3.05, 3.63) is 47.4 Å². The van der Waals surface area contributed by atoms with E-state index in [0.717, 1.165) is 43.7 Å². The summed E-state index contributed by atoms with van der Waals surface area (Å²) in [7, 11) is 0. The van der Waals surface area contributed by atoms with Crippen LogP contribution in [0.2, 0.25) is 0 Å². The van der Waals surface area contributed by atoms with Gasteiger partial charge in [0.25, 0.3) is 11.8 Å². The van der Waals surface area contributed by atoms with Crippen molar-refractivity contribution in [3.8, 4) is 5.75 Å². The second-order valence-corrected chi connectivity index (χ2v) is 8.05. The Balaban J connectivity index is 1.57.